The molecule has 0 aromatic carbocycles. The van der Waals surface area contributed by atoms with Crippen LogP contribution in [0.4, 0.5) is 16.4 Å². The van der Waals surface area contributed by atoms with Gasteiger partial charge in [0.15, 0.2) is 6.10 Å². The third-order valence-corrected chi connectivity index (χ3v) is 7.55. The second-order valence-electron chi connectivity index (χ2n) is 10.1. The summed E-state index contributed by atoms with van der Waals surface area (Å²) < 4.78 is 10.3. The molecule has 4 aliphatic heterocycles. The lowest BCUT2D eigenvalue weighted by molar-refractivity contribution is 0.00337. The largest absolute Gasteiger partial charge is 0.508 e. The summed E-state index contributed by atoms with van der Waals surface area (Å²) in [5.74, 6) is 1.71. The highest BCUT2D eigenvalue weighted by molar-refractivity contribution is 5.91. The van der Waals surface area contributed by atoms with Gasteiger partial charge >= 0.3 is 6.16 Å². The van der Waals surface area contributed by atoms with Gasteiger partial charge < -0.3 is 20.1 Å². The summed E-state index contributed by atoms with van der Waals surface area (Å²) >= 11 is 0. The number of carbonyl (C=O) groups is 1. The number of hydrogen-bond acceptors (Lipinski definition) is 10. The van der Waals surface area contributed by atoms with Crippen molar-refractivity contribution in [2.24, 2.45) is 0 Å². The molecule has 4 aliphatic rings. The maximum Gasteiger partial charge on any atom is 0.508 e. The maximum atomic E-state index is 11.4. The minimum absolute atomic E-state index is 0.132. The van der Waals surface area contributed by atoms with E-state index >= 15 is 0 Å². The molecule has 4 saturated heterocycles. The first kappa shape index (κ1) is 21.8. The monoisotopic (exact) mass is 467 g/mol. The highest BCUT2D eigenvalue weighted by Gasteiger charge is 2.41. The van der Waals surface area contributed by atoms with Gasteiger partial charge in [0.05, 0.1) is 11.7 Å². The van der Waals surface area contributed by atoms with Crippen molar-refractivity contribution >= 4 is 28.7 Å². The second-order valence-corrected chi connectivity index (χ2v) is 10.1. The van der Waals surface area contributed by atoms with E-state index in [1.165, 1.54) is 19.3 Å². The van der Waals surface area contributed by atoms with E-state index in [-0.39, 0.29) is 12.3 Å². The highest BCUT2D eigenvalue weighted by Crippen LogP contribution is 2.36. The molecule has 10 nitrogen and oxygen atoms in total. The van der Waals surface area contributed by atoms with Gasteiger partial charge in [0.2, 0.25) is 0 Å². The van der Waals surface area contributed by atoms with Crippen molar-refractivity contribution in [3.63, 3.8) is 0 Å². The molecule has 6 rings (SSSR count). The first-order valence-electron chi connectivity index (χ1n) is 12.5. The van der Waals surface area contributed by atoms with Gasteiger partial charge in [-0.1, -0.05) is 6.42 Å². The van der Waals surface area contributed by atoms with E-state index in [0.29, 0.717) is 30.8 Å². The van der Waals surface area contributed by atoms with E-state index in [1.54, 1.807) is 0 Å². The topological polar surface area (TPSA) is 113 Å². The van der Waals surface area contributed by atoms with Crippen molar-refractivity contribution in [1.29, 1.82) is 0 Å². The number of pyridine rings is 2. The van der Waals surface area contributed by atoms with Gasteiger partial charge in [-0.3, -0.25) is 15.3 Å². The quantitative estimate of drug-likeness (QED) is 0.473. The number of anilines is 2. The number of piperidine rings is 2. The van der Waals surface area contributed by atoms with Crippen LogP contribution in [0.25, 0.3) is 10.9 Å². The molecule has 0 aliphatic carbocycles. The van der Waals surface area contributed by atoms with Crippen molar-refractivity contribution in [1.82, 2.24) is 25.7 Å². The fourth-order valence-electron chi connectivity index (χ4n) is 6.02. The number of cyclic esters (lactones) is 2. The molecule has 4 fully saturated rings. The fourth-order valence-corrected chi connectivity index (χ4v) is 6.02. The van der Waals surface area contributed by atoms with E-state index in [4.69, 9.17) is 14.5 Å². The lowest BCUT2D eigenvalue weighted by Gasteiger charge is -2.49. The average Bonchev–Trinajstić information content (AvgIpc) is 3.41. The van der Waals surface area contributed by atoms with Crippen LogP contribution < -0.4 is 21.5 Å². The molecule has 2 aromatic rings. The van der Waals surface area contributed by atoms with Crippen LogP contribution in [0.1, 0.15) is 45.4 Å². The Morgan fingerprint density at radius 1 is 1.18 bits per heavy atom. The van der Waals surface area contributed by atoms with Crippen molar-refractivity contribution in [3.05, 3.63) is 24.4 Å². The van der Waals surface area contributed by atoms with Crippen LogP contribution in [-0.2, 0) is 9.47 Å². The van der Waals surface area contributed by atoms with Gasteiger partial charge in [-0.25, -0.2) is 15.2 Å². The zero-order chi connectivity index (χ0) is 23.1. The Hall–Kier alpha value is -2.69. The summed E-state index contributed by atoms with van der Waals surface area (Å²) in [6, 6.07) is 7.78. The van der Waals surface area contributed by atoms with E-state index in [0.717, 1.165) is 48.3 Å². The molecule has 4 N–H and O–H groups in total. The summed E-state index contributed by atoms with van der Waals surface area (Å²) in [6.45, 7) is 3.28. The zero-order valence-electron chi connectivity index (χ0n) is 19.5. The summed E-state index contributed by atoms with van der Waals surface area (Å²) in [4.78, 5) is 23.5. The van der Waals surface area contributed by atoms with Gasteiger partial charge in [-0.15, -0.1) is 0 Å². The molecule has 2 aromatic heterocycles. The van der Waals surface area contributed by atoms with E-state index in [1.807, 2.05) is 18.3 Å². The fraction of sp³-hybridized carbons (Fsp3) is 0.625. The number of nitrogens with one attached hydrogen (secondary N) is 4. The van der Waals surface area contributed by atoms with Gasteiger partial charge in [-0.2, -0.15) is 0 Å². The maximum absolute atomic E-state index is 11.4. The summed E-state index contributed by atoms with van der Waals surface area (Å²) in [7, 11) is 0. The standard InChI is InChI=1S/C24H33N7O3/c1-14-8-22(30-29-14)27-21-11-20-19(6-3-7-25-20)23(28-21)26-15-9-16-4-2-5-17(10-15)31(16)12-18-13-33-24(32)34-18/h3,6-7,11,14-18,22,29-30H,2,4-5,8-10,12-13H2,1H3,(H2,26,27,28)/t14?,15?,16-,17+,18?,22?. The molecule has 34 heavy (non-hydrogen) atoms. The van der Waals surface area contributed by atoms with Crippen molar-refractivity contribution in [2.75, 3.05) is 23.8 Å². The molecule has 4 unspecified atom stereocenters. The van der Waals surface area contributed by atoms with Crippen molar-refractivity contribution in [3.8, 4) is 0 Å². The molecule has 0 spiro atoms. The Balaban J connectivity index is 1.19. The molecular weight excluding hydrogens is 434 g/mol. The minimum atomic E-state index is -0.537. The molecule has 0 amide bonds. The van der Waals surface area contributed by atoms with Crippen LogP contribution in [0.2, 0.25) is 0 Å². The van der Waals surface area contributed by atoms with Crippen LogP contribution in [0.5, 0.6) is 0 Å². The molecular formula is C24H33N7O3. The molecule has 182 valence electrons. The van der Waals surface area contributed by atoms with Crippen LogP contribution in [-0.4, -0.2) is 70.6 Å². The number of hydrogen-bond donors (Lipinski definition) is 4. The van der Waals surface area contributed by atoms with Crippen molar-refractivity contribution < 1.29 is 14.3 Å². The van der Waals surface area contributed by atoms with Crippen LogP contribution in [0, 0.1) is 0 Å². The van der Waals surface area contributed by atoms with Gasteiger partial charge in [-0.05, 0) is 51.2 Å². The van der Waals surface area contributed by atoms with Crippen LogP contribution in [0.3, 0.4) is 0 Å². The minimum Gasteiger partial charge on any atom is -0.430 e. The van der Waals surface area contributed by atoms with E-state index < -0.39 is 6.16 Å². The molecule has 6 atom stereocenters. The summed E-state index contributed by atoms with van der Waals surface area (Å²) in [5.41, 5.74) is 7.46. The lowest BCUT2D eigenvalue weighted by atomic mass is 9.81. The van der Waals surface area contributed by atoms with Gasteiger partial charge in [0.1, 0.15) is 18.2 Å². The van der Waals surface area contributed by atoms with E-state index in [2.05, 4.69) is 44.4 Å². The SMILES string of the molecule is CC1CC(Nc2cc3ncccc3c(NC3C[C@H]4CCC[C@@H](C3)N4CC3COC(=O)O3)n2)NN1. The number of aromatic nitrogens is 2. The third-order valence-electron chi connectivity index (χ3n) is 7.55. The molecule has 0 saturated carbocycles. The highest BCUT2D eigenvalue weighted by atomic mass is 16.8. The predicted octanol–water partition coefficient (Wildman–Crippen LogP) is 2.59. The number of ether oxygens (including phenoxy) is 2. The second kappa shape index (κ2) is 9.16. The first-order chi connectivity index (χ1) is 16.6. The number of hydrazine groups is 1. The molecule has 2 bridgehead atoms. The molecule has 10 heteroatoms. The number of fused-ring (bicyclic) bond motifs is 3. The predicted molar refractivity (Wildman–Crippen MR) is 128 cm³/mol. The van der Waals surface area contributed by atoms with E-state index in [9.17, 15) is 4.79 Å². The van der Waals surface area contributed by atoms with Gasteiger partial charge in [0.25, 0.3) is 0 Å². The molecule has 0 radical (unpaired) electrons. The Morgan fingerprint density at radius 2 is 2.03 bits per heavy atom. The van der Waals surface area contributed by atoms with Crippen molar-refractivity contribution in [2.45, 2.75) is 81.9 Å². The Morgan fingerprint density at radius 3 is 2.76 bits per heavy atom. The smallest absolute Gasteiger partial charge is 0.430 e. The van der Waals surface area contributed by atoms with Crippen LogP contribution in [0.15, 0.2) is 24.4 Å². The lowest BCUT2D eigenvalue weighted by Crippen LogP contribution is -2.57. The van der Waals surface area contributed by atoms with Crippen LogP contribution >= 0.6 is 0 Å². The third kappa shape index (κ3) is 4.49. The Kier molecular flexibility index (Phi) is 5.88. The molecule has 6 heterocycles. The number of nitrogens with zero attached hydrogens (tertiary/aromatic N) is 3. The number of carbonyl (C=O) groups excluding carboxylic acids is 1. The Bertz CT molecular complexity index is 1040. The Labute approximate surface area is 199 Å². The zero-order valence-corrected chi connectivity index (χ0v) is 19.5. The van der Waals surface area contributed by atoms with Gasteiger partial charge in [0, 0.05) is 48.4 Å². The number of rotatable bonds is 6. The summed E-state index contributed by atoms with van der Waals surface area (Å²) in [5, 5.41) is 8.33. The average molecular weight is 468 g/mol. The normalized spacial score (nSPS) is 33.5. The first-order valence-corrected chi connectivity index (χ1v) is 12.5. The summed E-state index contributed by atoms with van der Waals surface area (Å²) in [6.07, 6.45) is 7.95.